The number of aromatic nitrogens is 5. The minimum atomic E-state index is -0.782. The summed E-state index contributed by atoms with van der Waals surface area (Å²) < 4.78 is 13.6. The van der Waals surface area contributed by atoms with Gasteiger partial charge in [-0.05, 0) is 43.2 Å². The van der Waals surface area contributed by atoms with Crippen LogP contribution in [0.3, 0.4) is 0 Å². The summed E-state index contributed by atoms with van der Waals surface area (Å²) in [6.45, 7) is 0.554. The highest BCUT2D eigenvalue weighted by Gasteiger charge is 2.46. The van der Waals surface area contributed by atoms with Crippen LogP contribution in [0.2, 0.25) is 0 Å². The average molecular weight is 351 g/mol. The highest BCUT2D eigenvalue weighted by Crippen LogP contribution is 2.44. The molecule has 1 saturated carbocycles. The molecule has 1 aliphatic carbocycles. The van der Waals surface area contributed by atoms with Gasteiger partial charge in [-0.1, -0.05) is 6.07 Å². The molecule has 1 aliphatic rings. The Labute approximate surface area is 149 Å². The van der Waals surface area contributed by atoms with Crippen LogP contribution in [-0.2, 0) is 5.41 Å². The van der Waals surface area contributed by atoms with E-state index in [4.69, 9.17) is 5.73 Å². The maximum Gasteiger partial charge on any atom is 0.220 e. The largest absolute Gasteiger partial charge is 0.368 e. The van der Waals surface area contributed by atoms with E-state index in [2.05, 4.69) is 30.5 Å². The number of nitrogens with one attached hydrogen (secondary N) is 1. The Morgan fingerprint density at radius 1 is 1.04 bits per heavy atom. The topological polar surface area (TPSA) is 102 Å². The molecular weight excluding hydrogens is 333 g/mol. The standard InChI is InChI=1S/C18H18FN7/c19-12-9-18(10-12,15-3-1-2-7-21-15)11-23-16-5-4-14(25-26-16)13-6-8-22-17(20)24-13/h1-8,12H,9-11H2,(H,23,26)(H2,20,22,24). The lowest BCUT2D eigenvalue weighted by Crippen LogP contribution is -2.48. The fraction of sp³-hybridized carbons (Fsp3) is 0.278. The van der Waals surface area contributed by atoms with Crippen molar-refractivity contribution in [2.75, 3.05) is 17.6 Å². The Kier molecular flexibility index (Phi) is 4.16. The second-order valence-corrected chi connectivity index (χ2v) is 6.46. The summed E-state index contributed by atoms with van der Waals surface area (Å²) in [5.41, 5.74) is 7.41. The number of rotatable bonds is 5. The third kappa shape index (κ3) is 3.17. The maximum atomic E-state index is 13.6. The molecule has 4 rings (SSSR count). The van der Waals surface area contributed by atoms with Crippen LogP contribution >= 0.6 is 0 Å². The van der Waals surface area contributed by atoms with Gasteiger partial charge in [-0.3, -0.25) is 4.98 Å². The van der Waals surface area contributed by atoms with Crippen LogP contribution in [0.1, 0.15) is 18.5 Å². The van der Waals surface area contributed by atoms with Gasteiger partial charge in [0.1, 0.15) is 17.7 Å². The molecule has 3 heterocycles. The Bertz CT molecular complexity index is 880. The summed E-state index contributed by atoms with van der Waals surface area (Å²) in [6, 6.07) is 11.1. The van der Waals surface area contributed by atoms with E-state index in [1.165, 1.54) is 0 Å². The van der Waals surface area contributed by atoms with Gasteiger partial charge in [-0.25, -0.2) is 14.4 Å². The quantitative estimate of drug-likeness (QED) is 0.727. The predicted molar refractivity (Wildman–Crippen MR) is 96.0 cm³/mol. The van der Waals surface area contributed by atoms with Crippen molar-refractivity contribution in [3.63, 3.8) is 0 Å². The third-order valence-corrected chi connectivity index (χ3v) is 4.64. The van der Waals surface area contributed by atoms with Gasteiger partial charge >= 0.3 is 0 Å². The maximum absolute atomic E-state index is 13.6. The van der Waals surface area contributed by atoms with Gasteiger partial charge in [0, 0.05) is 30.0 Å². The molecule has 0 saturated heterocycles. The number of nitrogens with two attached hydrogens (primary N) is 1. The zero-order valence-electron chi connectivity index (χ0n) is 14.0. The molecule has 132 valence electrons. The molecule has 8 heteroatoms. The summed E-state index contributed by atoms with van der Waals surface area (Å²) in [4.78, 5) is 12.4. The molecule has 26 heavy (non-hydrogen) atoms. The monoisotopic (exact) mass is 351 g/mol. The minimum Gasteiger partial charge on any atom is -0.368 e. The van der Waals surface area contributed by atoms with Crippen molar-refractivity contribution >= 4 is 11.8 Å². The zero-order chi connectivity index (χ0) is 18.0. The summed E-state index contributed by atoms with van der Waals surface area (Å²) in [5.74, 6) is 0.808. The van der Waals surface area contributed by atoms with Gasteiger partial charge in [0.15, 0.2) is 0 Å². The predicted octanol–water partition coefficient (Wildman–Crippen LogP) is 2.39. The highest BCUT2D eigenvalue weighted by atomic mass is 19.1. The van der Waals surface area contributed by atoms with E-state index < -0.39 is 6.17 Å². The van der Waals surface area contributed by atoms with E-state index >= 15 is 0 Å². The molecule has 0 radical (unpaired) electrons. The Balaban J connectivity index is 1.47. The van der Waals surface area contributed by atoms with Gasteiger partial charge in [0.25, 0.3) is 0 Å². The van der Waals surface area contributed by atoms with Crippen molar-refractivity contribution in [1.29, 1.82) is 0 Å². The van der Waals surface area contributed by atoms with Crippen molar-refractivity contribution in [2.45, 2.75) is 24.4 Å². The van der Waals surface area contributed by atoms with Crippen molar-refractivity contribution in [2.24, 2.45) is 0 Å². The number of nitrogen functional groups attached to an aromatic ring is 1. The number of pyridine rings is 1. The first-order valence-corrected chi connectivity index (χ1v) is 8.37. The van der Waals surface area contributed by atoms with Crippen LogP contribution in [0.5, 0.6) is 0 Å². The van der Waals surface area contributed by atoms with Gasteiger partial charge in [-0.15, -0.1) is 10.2 Å². The van der Waals surface area contributed by atoms with Crippen LogP contribution in [0.15, 0.2) is 48.8 Å². The minimum absolute atomic E-state index is 0.189. The molecule has 3 aromatic heterocycles. The van der Waals surface area contributed by atoms with Gasteiger partial charge < -0.3 is 11.1 Å². The molecule has 0 aromatic carbocycles. The Morgan fingerprint density at radius 2 is 1.92 bits per heavy atom. The van der Waals surface area contributed by atoms with Crippen LogP contribution in [0.25, 0.3) is 11.4 Å². The van der Waals surface area contributed by atoms with E-state index in [-0.39, 0.29) is 11.4 Å². The lowest BCUT2D eigenvalue weighted by atomic mass is 9.65. The number of halogens is 1. The fourth-order valence-corrected chi connectivity index (χ4v) is 3.25. The van der Waals surface area contributed by atoms with Crippen molar-refractivity contribution in [3.8, 4) is 11.4 Å². The first kappa shape index (κ1) is 16.3. The smallest absolute Gasteiger partial charge is 0.220 e. The molecule has 0 amide bonds. The molecular formula is C18H18FN7. The molecule has 3 N–H and O–H groups in total. The van der Waals surface area contributed by atoms with Gasteiger partial charge in [0.2, 0.25) is 5.95 Å². The molecule has 0 unspecified atom stereocenters. The van der Waals surface area contributed by atoms with Crippen molar-refractivity contribution < 1.29 is 4.39 Å². The molecule has 1 fully saturated rings. The first-order valence-electron chi connectivity index (χ1n) is 8.37. The molecule has 0 aliphatic heterocycles. The summed E-state index contributed by atoms with van der Waals surface area (Å²) in [6.07, 6.45) is 3.46. The second-order valence-electron chi connectivity index (χ2n) is 6.46. The average Bonchev–Trinajstić information content (AvgIpc) is 2.65. The molecule has 7 nitrogen and oxygen atoms in total. The van der Waals surface area contributed by atoms with Gasteiger partial charge in [-0.2, -0.15) is 0 Å². The second kappa shape index (κ2) is 6.62. The number of hydrogen-bond donors (Lipinski definition) is 2. The van der Waals surface area contributed by atoms with E-state index in [1.807, 2.05) is 30.3 Å². The summed E-state index contributed by atoms with van der Waals surface area (Å²) in [5, 5.41) is 11.6. The fourth-order valence-electron chi connectivity index (χ4n) is 3.25. The zero-order valence-corrected chi connectivity index (χ0v) is 14.0. The van der Waals surface area contributed by atoms with E-state index in [9.17, 15) is 4.39 Å². The van der Waals surface area contributed by atoms with Crippen LogP contribution in [0, 0.1) is 0 Å². The lowest BCUT2D eigenvalue weighted by molar-refractivity contribution is 0.0996. The molecule has 0 bridgehead atoms. The van der Waals surface area contributed by atoms with Crippen LogP contribution < -0.4 is 11.1 Å². The SMILES string of the molecule is Nc1nccc(-c2ccc(NCC3(c4ccccn4)CC(F)C3)nn2)n1. The number of anilines is 2. The molecule has 3 aromatic rings. The highest BCUT2D eigenvalue weighted by molar-refractivity contribution is 5.55. The molecule has 0 spiro atoms. The van der Waals surface area contributed by atoms with Crippen LogP contribution in [-0.4, -0.2) is 37.9 Å². The first-order chi connectivity index (χ1) is 12.6. The van der Waals surface area contributed by atoms with Crippen molar-refractivity contribution in [1.82, 2.24) is 25.1 Å². The Hall–Kier alpha value is -3.16. The third-order valence-electron chi connectivity index (χ3n) is 4.64. The van der Waals surface area contributed by atoms with Crippen LogP contribution in [0.4, 0.5) is 16.2 Å². The van der Waals surface area contributed by atoms with E-state index in [0.29, 0.717) is 36.6 Å². The van der Waals surface area contributed by atoms with E-state index in [0.717, 1.165) is 5.69 Å². The lowest BCUT2D eigenvalue weighted by Gasteiger charge is -2.43. The van der Waals surface area contributed by atoms with E-state index in [1.54, 1.807) is 18.5 Å². The normalized spacial score (nSPS) is 21.8. The van der Waals surface area contributed by atoms with Crippen molar-refractivity contribution in [3.05, 3.63) is 54.5 Å². The summed E-state index contributed by atoms with van der Waals surface area (Å²) >= 11 is 0. The molecule has 0 atom stereocenters. The van der Waals surface area contributed by atoms with Gasteiger partial charge in [0.05, 0.1) is 5.69 Å². The summed E-state index contributed by atoms with van der Waals surface area (Å²) in [7, 11) is 0. The number of hydrogen-bond acceptors (Lipinski definition) is 7. The Morgan fingerprint density at radius 3 is 2.58 bits per heavy atom. The number of nitrogens with zero attached hydrogens (tertiary/aromatic N) is 5. The number of alkyl halides is 1.